The molecular formula is C25H47N5O12+2. The van der Waals surface area contributed by atoms with Crippen molar-refractivity contribution in [2.75, 3.05) is 99.4 Å². The van der Waals surface area contributed by atoms with Gasteiger partial charge in [0.05, 0.1) is 59.2 Å². The molecule has 1 fully saturated rings. The Labute approximate surface area is 244 Å². The highest BCUT2D eigenvalue weighted by atomic mass is 16.4. The van der Waals surface area contributed by atoms with Gasteiger partial charge in [0.15, 0.2) is 13.1 Å². The minimum Gasteiger partial charge on any atom is -0.480 e. The number of carbonyl (C=O) groups is 5. The quantitative estimate of drug-likeness (QED) is 0.0777. The lowest BCUT2D eigenvalue weighted by atomic mass is 9.93. The fourth-order valence-corrected chi connectivity index (χ4v) is 5.38. The van der Waals surface area contributed by atoms with Crippen LogP contribution in [0.3, 0.4) is 0 Å². The number of likely N-dealkylation sites (N-methyl/N-ethyl adjacent to an activating group) is 2. The third-order valence-electron chi connectivity index (χ3n) is 7.64. The van der Waals surface area contributed by atoms with Gasteiger partial charge in [-0.15, -0.1) is 0 Å². The Balaban J connectivity index is 3.30. The summed E-state index contributed by atoms with van der Waals surface area (Å²) in [5, 5.41) is 66.9. The van der Waals surface area contributed by atoms with Crippen molar-refractivity contribution < 1.29 is 68.7 Å². The molecule has 0 aliphatic carbocycles. The number of likely N-dealkylation sites (tertiary alicyclic amines) is 1. The molecule has 0 spiro atoms. The van der Waals surface area contributed by atoms with Crippen molar-refractivity contribution in [2.45, 2.75) is 31.3 Å². The lowest BCUT2D eigenvalue weighted by molar-refractivity contribution is -0.836. The summed E-state index contributed by atoms with van der Waals surface area (Å²) in [7, 11) is 2.62. The number of carboxylic acid groups (broad SMARTS) is 3. The van der Waals surface area contributed by atoms with Crippen molar-refractivity contribution in [2.24, 2.45) is 0 Å². The maximum absolute atomic E-state index is 12.9. The van der Waals surface area contributed by atoms with Gasteiger partial charge in [0.25, 0.3) is 11.8 Å². The summed E-state index contributed by atoms with van der Waals surface area (Å²) >= 11 is 0. The van der Waals surface area contributed by atoms with Crippen molar-refractivity contribution in [3.8, 4) is 0 Å². The molecule has 4 amide bonds. The van der Waals surface area contributed by atoms with E-state index in [0.717, 1.165) is 9.80 Å². The van der Waals surface area contributed by atoms with Crippen LogP contribution in [0.15, 0.2) is 0 Å². The van der Waals surface area contributed by atoms with E-state index in [9.17, 15) is 59.7 Å². The average Bonchev–Trinajstić information content (AvgIpc) is 2.89. The molecular weight excluding hydrogens is 562 g/mol. The molecule has 0 aromatic carbocycles. The Morgan fingerprint density at radius 1 is 0.667 bits per heavy atom. The maximum Gasteiger partial charge on any atom is 0.513 e. The van der Waals surface area contributed by atoms with Crippen molar-refractivity contribution in [1.82, 2.24) is 14.7 Å². The summed E-state index contributed by atoms with van der Waals surface area (Å²) in [5.74, 6) is -2.46. The second-order valence-corrected chi connectivity index (χ2v) is 11.0. The molecule has 0 bridgehead atoms. The Morgan fingerprint density at radius 2 is 1.00 bits per heavy atom. The van der Waals surface area contributed by atoms with E-state index in [2.05, 4.69) is 0 Å². The zero-order valence-corrected chi connectivity index (χ0v) is 24.4. The SMILES string of the molecule is C[N+](CC(=O)N(CCO)CCO)(CC1CCCC(C[N+](C)(CC(=O)N(CCO)CCO)C(=O)O)N1CC(=O)O)C(=O)O. The topological polar surface area (TPSA) is 237 Å². The Hall–Kier alpha value is -2.93. The van der Waals surface area contributed by atoms with Gasteiger partial charge in [-0.2, -0.15) is 9.59 Å². The summed E-state index contributed by atoms with van der Waals surface area (Å²) in [5.41, 5.74) is 0. The van der Waals surface area contributed by atoms with Crippen LogP contribution in [0, 0.1) is 0 Å². The number of aliphatic hydroxyl groups excluding tert-OH is 4. The van der Waals surface area contributed by atoms with Gasteiger partial charge in [0.1, 0.15) is 13.1 Å². The van der Waals surface area contributed by atoms with Crippen LogP contribution >= 0.6 is 0 Å². The number of rotatable bonds is 18. The minimum atomic E-state index is -1.35. The lowest BCUT2D eigenvalue weighted by Gasteiger charge is -2.45. The number of aliphatic hydroxyl groups is 4. The van der Waals surface area contributed by atoms with E-state index < -0.39 is 70.7 Å². The first-order chi connectivity index (χ1) is 19.7. The van der Waals surface area contributed by atoms with Crippen LogP contribution in [0.4, 0.5) is 9.59 Å². The van der Waals surface area contributed by atoms with E-state index in [-0.39, 0.29) is 65.7 Å². The zero-order valence-electron chi connectivity index (χ0n) is 24.4. The maximum atomic E-state index is 12.9. The van der Waals surface area contributed by atoms with E-state index in [1.165, 1.54) is 19.0 Å². The average molecular weight is 610 g/mol. The lowest BCUT2D eigenvalue weighted by Crippen LogP contribution is -2.65. The summed E-state index contributed by atoms with van der Waals surface area (Å²) in [6.45, 7) is -3.93. The first kappa shape index (κ1) is 37.1. The van der Waals surface area contributed by atoms with Crippen molar-refractivity contribution in [1.29, 1.82) is 0 Å². The van der Waals surface area contributed by atoms with E-state index in [0.29, 0.717) is 19.3 Å². The molecule has 242 valence electrons. The van der Waals surface area contributed by atoms with Gasteiger partial charge >= 0.3 is 18.2 Å². The molecule has 1 aliphatic rings. The van der Waals surface area contributed by atoms with Gasteiger partial charge in [0.2, 0.25) is 0 Å². The number of piperidine rings is 1. The summed E-state index contributed by atoms with van der Waals surface area (Å²) in [4.78, 5) is 66.3. The van der Waals surface area contributed by atoms with Crippen LogP contribution < -0.4 is 0 Å². The molecule has 0 aromatic heterocycles. The van der Waals surface area contributed by atoms with Crippen LogP contribution in [0.2, 0.25) is 0 Å². The third kappa shape index (κ3) is 10.7. The number of hydrogen-bond donors (Lipinski definition) is 7. The molecule has 17 nitrogen and oxygen atoms in total. The second kappa shape index (κ2) is 17.3. The molecule has 0 radical (unpaired) electrons. The molecule has 1 aliphatic heterocycles. The number of hydrogen-bond acceptors (Lipinski definition) is 10. The Morgan fingerprint density at radius 3 is 1.26 bits per heavy atom. The summed E-state index contributed by atoms with van der Waals surface area (Å²) < 4.78 is -1.64. The third-order valence-corrected chi connectivity index (χ3v) is 7.64. The van der Waals surface area contributed by atoms with Crippen LogP contribution in [-0.2, 0) is 14.4 Å². The van der Waals surface area contributed by atoms with Gasteiger partial charge in [-0.05, 0) is 19.3 Å². The van der Waals surface area contributed by atoms with Crippen LogP contribution in [0.25, 0.3) is 0 Å². The predicted octanol–water partition coefficient (Wildman–Crippen LogP) is -2.83. The highest BCUT2D eigenvalue weighted by Crippen LogP contribution is 2.28. The van der Waals surface area contributed by atoms with E-state index in [1.807, 2.05) is 0 Å². The minimum absolute atomic E-state index is 0.103. The molecule has 4 atom stereocenters. The number of nitrogens with zero attached hydrogens (tertiary/aromatic N) is 5. The van der Waals surface area contributed by atoms with Gasteiger partial charge < -0.3 is 45.5 Å². The molecule has 7 N–H and O–H groups in total. The van der Waals surface area contributed by atoms with Gasteiger partial charge in [0, 0.05) is 26.2 Å². The molecule has 1 saturated heterocycles. The smallest absolute Gasteiger partial charge is 0.480 e. The standard InChI is InChI=1S/C25H45N5O12/c1-29(24(39)40,17-21(35)26(6-10-31)7-11-32)15-19-4-3-5-20(28(19)14-23(37)38)16-30(2,25(41)42)18-22(36)27(8-12-33)9-13-34/h19-20,31-34H,3-18H2,1-2H3,(H-2,37,38,39,40,41,42)/p+2. The van der Waals surface area contributed by atoms with Gasteiger partial charge in [-0.3, -0.25) is 19.3 Å². The molecule has 0 aromatic rings. The van der Waals surface area contributed by atoms with E-state index in [4.69, 9.17) is 0 Å². The molecule has 4 unspecified atom stereocenters. The van der Waals surface area contributed by atoms with Crippen LogP contribution in [-0.4, -0.2) is 201 Å². The number of aliphatic carboxylic acids is 1. The van der Waals surface area contributed by atoms with Crippen LogP contribution in [0.5, 0.6) is 0 Å². The monoisotopic (exact) mass is 609 g/mol. The first-order valence-corrected chi connectivity index (χ1v) is 13.8. The normalized spacial score (nSPS) is 20.2. The molecule has 17 heteroatoms. The highest BCUT2D eigenvalue weighted by Gasteiger charge is 2.46. The largest absolute Gasteiger partial charge is 0.513 e. The summed E-state index contributed by atoms with van der Waals surface area (Å²) in [6.07, 6.45) is -1.43. The van der Waals surface area contributed by atoms with E-state index >= 15 is 0 Å². The van der Waals surface area contributed by atoms with E-state index in [1.54, 1.807) is 0 Å². The van der Waals surface area contributed by atoms with Crippen molar-refractivity contribution in [3.05, 3.63) is 0 Å². The molecule has 0 saturated carbocycles. The van der Waals surface area contributed by atoms with Gasteiger partial charge in [-0.1, -0.05) is 0 Å². The fraction of sp³-hybridized carbons (Fsp3) is 0.800. The number of amides is 4. The fourth-order valence-electron chi connectivity index (χ4n) is 5.38. The Kier molecular flexibility index (Phi) is 15.2. The number of quaternary nitrogens is 2. The second-order valence-electron chi connectivity index (χ2n) is 11.0. The molecule has 1 heterocycles. The van der Waals surface area contributed by atoms with Crippen LogP contribution in [0.1, 0.15) is 19.3 Å². The zero-order chi connectivity index (χ0) is 32.1. The number of carboxylic acids is 1. The first-order valence-electron chi connectivity index (χ1n) is 13.8. The predicted molar refractivity (Wildman–Crippen MR) is 145 cm³/mol. The Bertz CT molecular complexity index is 863. The van der Waals surface area contributed by atoms with Gasteiger partial charge in [-0.25, -0.2) is 8.97 Å². The molecule has 1 rings (SSSR count). The highest BCUT2D eigenvalue weighted by molar-refractivity contribution is 5.79. The number of carbonyl (C=O) groups excluding carboxylic acids is 2. The van der Waals surface area contributed by atoms with Crippen molar-refractivity contribution in [3.63, 3.8) is 0 Å². The summed E-state index contributed by atoms with van der Waals surface area (Å²) in [6, 6.07) is -1.34. The molecule has 42 heavy (non-hydrogen) atoms. The van der Waals surface area contributed by atoms with Crippen molar-refractivity contribution >= 4 is 30.0 Å².